The van der Waals surface area contributed by atoms with Gasteiger partial charge in [-0.3, -0.25) is 4.79 Å². The summed E-state index contributed by atoms with van der Waals surface area (Å²) in [4.78, 5) is 24.1. The first-order valence-electron chi connectivity index (χ1n) is 10.2. The molecule has 0 bridgehead atoms. The quantitative estimate of drug-likeness (QED) is 0.676. The van der Waals surface area contributed by atoms with E-state index in [1.165, 1.54) is 43.2 Å². The number of carbonyl (C=O) groups excluding carboxylic acids is 2. The fourth-order valence-electron chi connectivity index (χ4n) is 4.05. The number of amides is 3. The molecule has 142 valence electrons. The fourth-order valence-corrected chi connectivity index (χ4v) is 4.05. The Bertz CT molecular complexity index is 624. The molecule has 0 saturated heterocycles. The molecule has 0 atom stereocenters. The molecule has 1 fully saturated rings. The molecular weight excluding hydrogens is 326 g/mol. The summed E-state index contributed by atoms with van der Waals surface area (Å²) in [7, 11) is 0. The highest BCUT2D eigenvalue weighted by molar-refractivity contribution is 5.91. The summed E-state index contributed by atoms with van der Waals surface area (Å²) in [6, 6.07) is 6.40. The molecule has 0 radical (unpaired) electrons. The lowest BCUT2D eigenvalue weighted by atomic mass is 9.90. The predicted octanol–water partition coefficient (Wildman–Crippen LogP) is 3.92. The van der Waals surface area contributed by atoms with Crippen molar-refractivity contribution in [3.63, 3.8) is 0 Å². The molecule has 5 heteroatoms. The van der Waals surface area contributed by atoms with Crippen molar-refractivity contribution in [3.05, 3.63) is 29.3 Å². The molecule has 0 unspecified atom stereocenters. The number of nitrogens with one attached hydrogen (secondary N) is 3. The number of anilines is 1. The van der Waals surface area contributed by atoms with Crippen LogP contribution in [0.4, 0.5) is 10.5 Å². The number of rotatable bonds is 6. The van der Waals surface area contributed by atoms with Gasteiger partial charge in [0.05, 0.1) is 0 Å². The summed E-state index contributed by atoms with van der Waals surface area (Å²) in [5, 5.41) is 8.96. The van der Waals surface area contributed by atoms with Gasteiger partial charge in [-0.15, -0.1) is 0 Å². The number of aryl methyl sites for hydroxylation is 1. The minimum Gasteiger partial charge on any atom is -0.338 e. The highest BCUT2D eigenvalue weighted by Crippen LogP contribution is 2.27. The van der Waals surface area contributed by atoms with Gasteiger partial charge < -0.3 is 16.0 Å². The molecule has 2 aliphatic carbocycles. The molecule has 0 spiro atoms. The van der Waals surface area contributed by atoms with Crippen molar-refractivity contribution in [1.82, 2.24) is 10.6 Å². The number of hydrogen-bond donors (Lipinski definition) is 3. The third-order valence-electron chi connectivity index (χ3n) is 5.48. The zero-order valence-corrected chi connectivity index (χ0v) is 15.6. The Balaban J connectivity index is 1.35. The van der Waals surface area contributed by atoms with Crippen molar-refractivity contribution in [3.8, 4) is 0 Å². The zero-order chi connectivity index (χ0) is 18.2. The Morgan fingerprint density at radius 2 is 1.81 bits per heavy atom. The summed E-state index contributed by atoms with van der Waals surface area (Å²) >= 11 is 0. The molecule has 1 saturated carbocycles. The van der Waals surface area contributed by atoms with Crippen LogP contribution in [0.25, 0.3) is 0 Å². The lowest BCUT2D eigenvalue weighted by Crippen LogP contribution is -2.43. The lowest BCUT2D eigenvalue weighted by molar-refractivity contribution is -0.116. The lowest BCUT2D eigenvalue weighted by Gasteiger charge is -2.22. The van der Waals surface area contributed by atoms with Gasteiger partial charge in [0.25, 0.3) is 0 Å². The molecule has 0 aliphatic heterocycles. The largest absolute Gasteiger partial charge is 0.338 e. The second-order valence-corrected chi connectivity index (χ2v) is 7.54. The first-order valence-corrected chi connectivity index (χ1v) is 10.2. The third-order valence-corrected chi connectivity index (χ3v) is 5.48. The van der Waals surface area contributed by atoms with Gasteiger partial charge in [0.15, 0.2) is 0 Å². The van der Waals surface area contributed by atoms with E-state index in [0.29, 0.717) is 25.4 Å². The molecule has 3 amide bonds. The molecule has 3 rings (SSSR count). The number of hydrogen-bond acceptors (Lipinski definition) is 2. The monoisotopic (exact) mass is 357 g/mol. The third kappa shape index (κ3) is 5.48. The van der Waals surface area contributed by atoms with Crippen LogP contribution in [0.2, 0.25) is 0 Å². The number of carbonyl (C=O) groups is 2. The van der Waals surface area contributed by atoms with Gasteiger partial charge in [0.1, 0.15) is 0 Å². The highest BCUT2D eigenvalue weighted by atomic mass is 16.2. The maximum absolute atomic E-state index is 12.2. The van der Waals surface area contributed by atoms with E-state index in [4.69, 9.17) is 0 Å². The smallest absolute Gasteiger partial charge is 0.315 e. The van der Waals surface area contributed by atoms with E-state index in [1.807, 2.05) is 12.1 Å². The Morgan fingerprint density at radius 3 is 2.65 bits per heavy atom. The van der Waals surface area contributed by atoms with Crippen LogP contribution in [0.15, 0.2) is 18.2 Å². The first kappa shape index (κ1) is 18.7. The van der Waals surface area contributed by atoms with E-state index >= 15 is 0 Å². The fraction of sp³-hybridized carbons (Fsp3) is 0.619. The summed E-state index contributed by atoms with van der Waals surface area (Å²) in [5.41, 5.74) is 3.64. The van der Waals surface area contributed by atoms with Crippen LogP contribution in [0, 0.1) is 0 Å². The Labute approximate surface area is 156 Å². The molecule has 0 aromatic heterocycles. The molecular formula is C21H31N3O2. The van der Waals surface area contributed by atoms with E-state index in [-0.39, 0.29) is 11.9 Å². The van der Waals surface area contributed by atoms with Crippen molar-refractivity contribution >= 4 is 17.6 Å². The maximum Gasteiger partial charge on any atom is 0.315 e. The average molecular weight is 357 g/mol. The van der Waals surface area contributed by atoms with E-state index in [9.17, 15) is 9.59 Å². The summed E-state index contributed by atoms with van der Waals surface area (Å²) < 4.78 is 0. The van der Waals surface area contributed by atoms with Gasteiger partial charge in [-0.1, -0.05) is 31.4 Å². The summed E-state index contributed by atoms with van der Waals surface area (Å²) in [6.07, 6.45) is 11.5. The SMILES string of the molecule is O=C(CCCNC(=O)NC1CCCCC1)Nc1cccc2c1CCCC2. The van der Waals surface area contributed by atoms with E-state index in [2.05, 4.69) is 22.0 Å². The van der Waals surface area contributed by atoms with Gasteiger partial charge in [-0.25, -0.2) is 4.79 Å². The van der Waals surface area contributed by atoms with Crippen molar-refractivity contribution < 1.29 is 9.59 Å². The standard InChI is InChI=1S/C21H31N3O2/c25-20(24-19-13-6-9-16-8-4-5-12-18(16)19)14-7-15-22-21(26)23-17-10-2-1-3-11-17/h6,9,13,17H,1-5,7-8,10-12,14-15H2,(H,24,25)(H2,22,23,26). The molecule has 2 aliphatic rings. The Hall–Kier alpha value is -2.04. The normalized spacial score (nSPS) is 17.2. The van der Waals surface area contributed by atoms with E-state index in [0.717, 1.165) is 31.4 Å². The van der Waals surface area contributed by atoms with Crippen molar-refractivity contribution in [1.29, 1.82) is 0 Å². The second kappa shape index (κ2) is 9.60. The van der Waals surface area contributed by atoms with Crippen molar-refractivity contribution in [2.75, 3.05) is 11.9 Å². The summed E-state index contributed by atoms with van der Waals surface area (Å²) in [5.74, 6) is 0.0264. The maximum atomic E-state index is 12.2. The van der Waals surface area contributed by atoms with Crippen LogP contribution < -0.4 is 16.0 Å². The van der Waals surface area contributed by atoms with Crippen LogP contribution >= 0.6 is 0 Å². The summed E-state index contributed by atoms with van der Waals surface area (Å²) in [6.45, 7) is 0.527. The molecule has 5 nitrogen and oxygen atoms in total. The number of fused-ring (bicyclic) bond motifs is 1. The molecule has 26 heavy (non-hydrogen) atoms. The first-order chi connectivity index (χ1) is 12.7. The van der Waals surface area contributed by atoms with Gasteiger partial charge in [-0.05, 0) is 62.1 Å². The Morgan fingerprint density at radius 1 is 1.00 bits per heavy atom. The van der Waals surface area contributed by atoms with Crippen LogP contribution in [0.5, 0.6) is 0 Å². The predicted molar refractivity (Wildman–Crippen MR) is 104 cm³/mol. The van der Waals surface area contributed by atoms with Gasteiger partial charge in [-0.2, -0.15) is 0 Å². The van der Waals surface area contributed by atoms with Crippen LogP contribution in [-0.2, 0) is 17.6 Å². The number of urea groups is 1. The van der Waals surface area contributed by atoms with Crippen molar-refractivity contribution in [2.24, 2.45) is 0 Å². The van der Waals surface area contributed by atoms with Gasteiger partial charge in [0, 0.05) is 24.7 Å². The van der Waals surface area contributed by atoms with E-state index in [1.54, 1.807) is 0 Å². The molecule has 3 N–H and O–H groups in total. The molecule has 1 aromatic carbocycles. The van der Waals surface area contributed by atoms with Gasteiger partial charge >= 0.3 is 6.03 Å². The zero-order valence-electron chi connectivity index (χ0n) is 15.6. The minimum absolute atomic E-state index is 0.0264. The van der Waals surface area contributed by atoms with Gasteiger partial charge in [0.2, 0.25) is 5.91 Å². The molecule has 1 aromatic rings. The minimum atomic E-state index is -0.102. The molecule has 0 heterocycles. The second-order valence-electron chi connectivity index (χ2n) is 7.54. The highest BCUT2D eigenvalue weighted by Gasteiger charge is 2.16. The van der Waals surface area contributed by atoms with E-state index < -0.39 is 0 Å². The van der Waals surface area contributed by atoms with Crippen LogP contribution in [0.3, 0.4) is 0 Å². The Kier molecular flexibility index (Phi) is 6.92. The average Bonchev–Trinajstić information content (AvgIpc) is 2.66. The topological polar surface area (TPSA) is 70.2 Å². The van der Waals surface area contributed by atoms with Crippen LogP contribution in [-0.4, -0.2) is 24.5 Å². The van der Waals surface area contributed by atoms with Crippen LogP contribution in [0.1, 0.15) is 68.9 Å². The number of benzene rings is 1. The van der Waals surface area contributed by atoms with Crippen molar-refractivity contribution in [2.45, 2.75) is 76.7 Å².